The van der Waals surface area contributed by atoms with E-state index in [0.29, 0.717) is 27.1 Å². The molecule has 0 aliphatic rings. The summed E-state index contributed by atoms with van der Waals surface area (Å²) in [6.07, 6.45) is 1.51. The molecule has 0 spiro atoms. The predicted molar refractivity (Wildman–Crippen MR) is 105 cm³/mol. The van der Waals surface area contributed by atoms with Crippen LogP contribution >= 0.6 is 23.2 Å². The Labute approximate surface area is 159 Å². The second kappa shape index (κ2) is 8.03. The number of halogens is 2. The van der Waals surface area contributed by atoms with Crippen molar-refractivity contribution in [1.82, 2.24) is 9.97 Å². The number of hydrogen-bond acceptors (Lipinski definition) is 5. The Morgan fingerprint density at radius 1 is 1.15 bits per heavy atom. The van der Waals surface area contributed by atoms with Crippen molar-refractivity contribution in [2.75, 3.05) is 12.5 Å². The van der Waals surface area contributed by atoms with E-state index >= 15 is 0 Å². The van der Waals surface area contributed by atoms with Crippen LogP contribution in [-0.2, 0) is 0 Å². The number of ether oxygens (including phenoxy) is 1. The summed E-state index contributed by atoms with van der Waals surface area (Å²) >= 11 is 12.2. The van der Waals surface area contributed by atoms with Crippen LogP contribution in [0.2, 0.25) is 10.0 Å². The molecule has 2 aromatic carbocycles. The third-order valence-electron chi connectivity index (χ3n) is 3.42. The smallest absolute Gasteiger partial charge is 0.252 e. The maximum Gasteiger partial charge on any atom is 0.252 e. The topological polar surface area (TPSA) is 79.4 Å². The molecule has 6 nitrogen and oxygen atoms in total. The highest BCUT2D eigenvalue weighted by Gasteiger charge is 2.07. The van der Waals surface area contributed by atoms with E-state index in [4.69, 9.17) is 27.9 Å². The lowest BCUT2D eigenvalue weighted by Gasteiger charge is -2.06. The van der Waals surface area contributed by atoms with Crippen molar-refractivity contribution in [3.05, 3.63) is 74.5 Å². The van der Waals surface area contributed by atoms with Gasteiger partial charge in [0.1, 0.15) is 0 Å². The number of H-pyrrole nitrogens is 1. The van der Waals surface area contributed by atoms with Gasteiger partial charge in [-0.25, -0.2) is 10.4 Å². The van der Waals surface area contributed by atoms with Gasteiger partial charge < -0.3 is 4.74 Å². The first-order valence-corrected chi connectivity index (χ1v) is 8.31. The molecule has 0 saturated carbocycles. The second-order valence-corrected chi connectivity index (χ2v) is 6.05. The first-order chi connectivity index (χ1) is 12.6. The summed E-state index contributed by atoms with van der Waals surface area (Å²) in [5.74, 6) is 0.623. The molecule has 0 unspecified atom stereocenters. The maximum atomic E-state index is 11.8. The molecule has 0 radical (unpaired) electrons. The Morgan fingerprint density at radius 3 is 2.50 bits per heavy atom. The Balaban J connectivity index is 1.81. The predicted octanol–water partition coefficient (Wildman–Crippen LogP) is 4.20. The third-order valence-corrected chi connectivity index (χ3v) is 3.98. The molecule has 26 heavy (non-hydrogen) atoms. The molecule has 1 heterocycles. The number of hydrazone groups is 1. The van der Waals surface area contributed by atoms with E-state index in [9.17, 15) is 4.79 Å². The summed E-state index contributed by atoms with van der Waals surface area (Å²) in [4.78, 5) is 18.8. The molecule has 0 amide bonds. The van der Waals surface area contributed by atoms with Crippen molar-refractivity contribution in [3.63, 3.8) is 0 Å². The number of hydrogen-bond donors (Lipinski definition) is 2. The zero-order chi connectivity index (χ0) is 18.5. The van der Waals surface area contributed by atoms with E-state index in [0.717, 1.165) is 5.56 Å². The standard InChI is InChI=1S/C18H14Cl2N4O2/c1-26-17-13(19)7-11(8-14(17)20)10-21-24-18-22-15(9-16(25)23-18)12-5-3-2-4-6-12/h2-10H,1H3,(H2,22,23,24,25)/b21-10-. The number of nitrogens with one attached hydrogen (secondary N) is 2. The van der Waals surface area contributed by atoms with Crippen molar-refractivity contribution in [2.45, 2.75) is 0 Å². The highest BCUT2D eigenvalue weighted by Crippen LogP contribution is 2.33. The molecule has 0 aliphatic heterocycles. The van der Waals surface area contributed by atoms with Crippen LogP contribution in [0.15, 0.2) is 58.4 Å². The lowest BCUT2D eigenvalue weighted by Crippen LogP contribution is -2.10. The van der Waals surface area contributed by atoms with Crippen molar-refractivity contribution < 1.29 is 4.74 Å². The summed E-state index contributed by atoms with van der Waals surface area (Å²) in [5.41, 5.74) is 4.45. The summed E-state index contributed by atoms with van der Waals surface area (Å²) in [6.45, 7) is 0. The number of nitrogens with zero attached hydrogens (tertiary/aromatic N) is 2. The van der Waals surface area contributed by atoms with Gasteiger partial charge in [-0.3, -0.25) is 9.78 Å². The Morgan fingerprint density at radius 2 is 1.85 bits per heavy atom. The SMILES string of the molecule is COc1c(Cl)cc(/C=N\Nc2nc(-c3ccccc3)cc(=O)[nH]2)cc1Cl. The van der Waals surface area contributed by atoms with Crippen LogP contribution in [0.3, 0.4) is 0 Å². The molecule has 3 aromatic rings. The second-order valence-electron chi connectivity index (χ2n) is 5.23. The van der Waals surface area contributed by atoms with Crippen LogP contribution in [0.1, 0.15) is 5.56 Å². The number of aromatic nitrogens is 2. The molecule has 3 rings (SSSR count). The minimum atomic E-state index is -0.285. The van der Waals surface area contributed by atoms with E-state index in [2.05, 4.69) is 20.5 Å². The summed E-state index contributed by atoms with van der Waals surface area (Å²) in [6, 6.07) is 14.1. The lowest BCUT2D eigenvalue weighted by molar-refractivity contribution is 0.415. The number of rotatable bonds is 5. The highest BCUT2D eigenvalue weighted by molar-refractivity contribution is 6.37. The molecule has 0 saturated heterocycles. The molecule has 0 aliphatic carbocycles. The molecular weight excluding hydrogens is 375 g/mol. The molecule has 1 aromatic heterocycles. The molecule has 2 N–H and O–H groups in total. The van der Waals surface area contributed by atoms with Crippen LogP contribution < -0.4 is 15.7 Å². The fourth-order valence-electron chi connectivity index (χ4n) is 2.28. The van der Waals surface area contributed by atoms with Crippen LogP contribution in [0, 0.1) is 0 Å². The zero-order valence-corrected chi connectivity index (χ0v) is 15.2. The van der Waals surface area contributed by atoms with E-state index in [1.807, 2.05) is 30.3 Å². The summed E-state index contributed by atoms with van der Waals surface area (Å²) in [7, 11) is 1.49. The van der Waals surface area contributed by atoms with Gasteiger partial charge in [-0.2, -0.15) is 5.10 Å². The fraction of sp³-hybridized carbons (Fsp3) is 0.0556. The van der Waals surface area contributed by atoms with Crippen LogP contribution in [0.4, 0.5) is 5.95 Å². The maximum absolute atomic E-state index is 11.8. The molecular formula is C18H14Cl2N4O2. The van der Waals surface area contributed by atoms with E-state index in [1.54, 1.807) is 12.1 Å². The van der Waals surface area contributed by atoms with Gasteiger partial charge in [0.25, 0.3) is 5.56 Å². The third kappa shape index (κ3) is 4.22. The molecule has 132 valence electrons. The van der Waals surface area contributed by atoms with Crippen LogP contribution in [0.5, 0.6) is 5.75 Å². The highest BCUT2D eigenvalue weighted by atomic mass is 35.5. The first kappa shape index (κ1) is 18.0. The van der Waals surface area contributed by atoms with Gasteiger partial charge in [-0.1, -0.05) is 53.5 Å². The van der Waals surface area contributed by atoms with Crippen molar-refractivity contribution >= 4 is 35.4 Å². The zero-order valence-electron chi connectivity index (χ0n) is 13.7. The van der Waals surface area contributed by atoms with Crippen LogP contribution in [0.25, 0.3) is 11.3 Å². The number of aromatic amines is 1. The van der Waals surface area contributed by atoms with Gasteiger partial charge in [-0.05, 0) is 17.7 Å². The van der Waals surface area contributed by atoms with Gasteiger partial charge in [0, 0.05) is 11.6 Å². The monoisotopic (exact) mass is 388 g/mol. The van der Waals surface area contributed by atoms with Gasteiger partial charge in [0.15, 0.2) is 5.75 Å². The normalized spacial score (nSPS) is 10.9. The van der Waals surface area contributed by atoms with Gasteiger partial charge in [0.05, 0.1) is 29.1 Å². The van der Waals surface area contributed by atoms with Crippen molar-refractivity contribution in [1.29, 1.82) is 0 Å². The van der Waals surface area contributed by atoms with Crippen molar-refractivity contribution in [2.24, 2.45) is 5.10 Å². The quantitative estimate of drug-likeness (QED) is 0.507. The van der Waals surface area contributed by atoms with E-state index in [1.165, 1.54) is 19.4 Å². The fourth-order valence-corrected chi connectivity index (χ4v) is 2.94. The average Bonchev–Trinajstić information content (AvgIpc) is 2.62. The van der Waals surface area contributed by atoms with E-state index < -0.39 is 0 Å². The van der Waals surface area contributed by atoms with Crippen molar-refractivity contribution in [3.8, 4) is 17.0 Å². The average molecular weight is 389 g/mol. The summed E-state index contributed by atoms with van der Waals surface area (Å²) in [5, 5.41) is 4.81. The van der Waals surface area contributed by atoms with Gasteiger partial charge >= 0.3 is 0 Å². The van der Waals surface area contributed by atoms with Gasteiger partial charge in [-0.15, -0.1) is 0 Å². The number of anilines is 1. The lowest BCUT2D eigenvalue weighted by atomic mass is 10.1. The summed E-state index contributed by atoms with van der Waals surface area (Å²) < 4.78 is 5.10. The Kier molecular flexibility index (Phi) is 5.55. The number of benzene rings is 2. The first-order valence-electron chi connectivity index (χ1n) is 7.55. The minimum absolute atomic E-state index is 0.221. The molecule has 8 heteroatoms. The molecule has 0 atom stereocenters. The van der Waals surface area contributed by atoms with E-state index in [-0.39, 0.29) is 11.5 Å². The molecule has 0 fully saturated rings. The number of methoxy groups -OCH3 is 1. The van der Waals surface area contributed by atoms with Crippen LogP contribution in [-0.4, -0.2) is 23.3 Å². The molecule has 0 bridgehead atoms. The Hall–Kier alpha value is -2.83. The van der Waals surface area contributed by atoms with Gasteiger partial charge in [0.2, 0.25) is 5.95 Å². The minimum Gasteiger partial charge on any atom is -0.494 e. The largest absolute Gasteiger partial charge is 0.494 e. The Bertz CT molecular complexity index is 981.